The van der Waals surface area contributed by atoms with Crippen LogP contribution in [0.2, 0.25) is 0 Å². The van der Waals surface area contributed by atoms with Crippen molar-refractivity contribution in [2.45, 2.75) is 71.1 Å². The smallest absolute Gasteiger partial charge is 0.327 e. The summed E-state index contributed by atoms with van der Waals surface area (Å²) in [6.45, 7) is 2.15. The third-order valence-electron chi connectivity index (χ3n) is 3.47. The van der Waals surface area contributed by atoms with Crippen LogP contribution < -0.4 is 0 Å². The summed E-state index contributed by atoms with van der Waals surface area (Å²) in [6.07, 6.45) is 31.6. The van der Waals surface area contributed by atoms with Crippen molar-refractivity contribution < 1.29 is 9.90 Å². The monoisotopic (exact) mass is 330 g/mol. The number of allylic oxidation sites excluding steroid dienone is 9. The van der Waals surface area contributed by atoms with E-state index in [4.69, 9.17) is 5.11 Å². The minimum absolute atomic E-state index is 0.852. The average Bonchev–Trinajstić information content (AvgIpc) is 2.56. The fourth-order valence-electron chi connectivity index (χ4n) is 2.16. The Bertz CT molecular complexity index is 425. The van der Waals surface area contributed by atoms with Gasteiger partial charge in [-0.3, -0.25) is 0 Å². The molecule has 0 fully saturated rings. The Hall–Kier alpha value is -1.83. The van der Waals surface area contributed by atoms with E-state index in [0.717, 1.165) is 44.9 Å². The van der Waals surface area contributed by atoms with Crippen LogP contribution in [-0.2, 0) is 4.79 Å². The molecule has 0 rings (SSSR count). The van der Waals surface area contributed by atoms with Crippen LogP contribution in [0, 0.1) is 0 Å². The lowest BCUT2D eigenvalue weighted by molar-refractivity contribution is -0.131. The molecule has 0 amide bonds. The first-order valence-corrected chi connectivity index (χ1v) is 9.26. The number of carboxylic acids is 1. The molecule has 0 aliphatic rings. The highest BCUT2D eigenvalue weighted by Crippen LogP contribution is 2.06. The summed E-state index contributed by atoms with van der Waals surface area (Å²) in [7, 11) is 0. The summed E-state index contributed by atoms with van der Waals surface area (Å²) in [5.74, 6) is -0.852. The number of rotatable bonds is 15. The van der Waals surface area contributed by atoms with Gasteiger partial charge in [0.2, 0.25) is 0 Å². The van der Waals surface area contributed by atoms with E-state index in [1.165, 1.54) is 25.3 Å². The average molecular weight is 331 g/mol. The van der Waals surface area contributed by atoms with Gasteiger partial charge in [0.25, 0.3) is 0 Å². The van der Waals surface area contributed by atoms with Crippen LogP contribution in [-0.4, -0.2) is 11.1 Å². The van der Waals surface area contributed by atoms with Gasteiger partial charge >= 0.3 is 5.97 Å². The lowest BCUT2D eigenvalue weighted by atomic mass is 10.1. The van der Waals surface area contributed by atoms with Gasteiger partial charge < -0.3 is 5.11 Å². The van der Waals surface area contributed by atoms with Gasteiger partial charge in [0.1, 0.15) is 0 Å². The van der Waals surface area contributed by atoms with Gasteiger partial charge in [0.15, 0.2) is 0 Å². The molecular formula is C22H34O2. The van der Waals surface area contributed by atoms with E-state index in [1.807, 2.05) is 0 Å². The second kappa shape index (κ2) is 19.2. The summed E-state index contributed by atoms with van der Waals surface area (Å²) >= 11 is 0. The number of aliphatic carboxylic acids is 1. The van der Waals surface area contributed by atoms with Crippen LogP contribution in [0.3, 0.4) is 0 Å². The summed E-state index contributed by atoms with van der Waals surface area (Å²) in [6, 6.07) is 0. The van der Waals surface area contributed by atoms with Crippen molar-refractivity contribution in [3.63, 3.8) is 0 Å². The summed E-state index contributed by atoms with van der Waals surface area (Å²) in [4.78, 5) is 10.3. The fraction of sp³-hybridized carbons (Fsp3) is 0.500. The van der Waals surface area contributed by atoms with Crippen LogP contribution in [0.5, 0.6) is 0 Å². The number of carboxylic acid groups (broad SMARTS) is 1. The highest BCUT2D eigenvalue weighted by atomic mass is 16.4. The molecule has 0 atom stereocenters. The van der Waals surface area contributed by atoms with Gasteiger partial charge in [0, 0.05) is 6.08 Å². The molecule has 0 bridgehead atoms. The quantitative estimate of drug-likeness (QED) is 0.204. The van der Waals surface area contributed by atoms with Crippen LogP contribution in [0.1, 0.15) is 71.1 Å². The molecule has 0 aromatic rings. The zero-order valence-electron chi connectivity index (χ0n) is 15.2. The number of unbranched alkanes of at least 4 members (excludes halogenated alkanes) is 5. The Kier molecular flexibility index (Phi) is 17.8. The molecule has 0 radical (unpaired) electrons. The van der Waals surface area contributed by atoms with Crippen molar-refractivity contribution in [2.24, 2.45) is 0 Å². The van der Waals surface area contributed by atoms with Gasteiger partial charge in [-0.15, -0.1) is 0 Å². The minimum Gasteiger partial charge on any atom is -0.478 e. The lowest BCUT2D eigenvalue weighted by Gasteiger charge is -1.96. The molecule has 0 aliphatic heterocycles. The topological polar surface area (TPSA) is 37.3 Å². The summed E-state index contributed by atoms with van der Waals surface area (Å²) < 4.78 is 0. The SMILES string of the molecule is CCC=CCC=CCC=CCC=CCCCCCCC=CC(=O)O. The maximum absolute atomic E-state index is 10.3. The molecule has 0 unspecified atom stereocenters. The van der Waals surface area contributed by atoms with Crippen molar-refractivity contribution in [2.75, 3.05) is 0 Å². The van der Waals surface area contributed by atoms with Gasteiger partial charge in [-0.05, 0) is 51.4 Å². The van der Waals surface area contributed by atoms with E-state index in [-0.39, 0.29) is 0 Å². The first kappa shape index (κ1) is 22.2. The largest absolute Gasteiger partial charge is 0.478 e. The number of hydrogen-bond donors (Lipinski definition) is 1. The standard InChI is InChI=1S/C22H34O2/c1-2-3-4-5-6-7-8-9-10-11-12-13-14-15-16-17-18-19-20-21-22(23)24/h3-4,6-7,9-10,12-13,20-21H,2,5,8,11,14-19H2,1H3,(H,23,24). The fourth-order valence-corrected chi connectivity index (χ4v) is 2.16. The lowest BCUT2D eigenvalue weighted by Crippen LogP contribution is -1.85. The van der Waals surface area contributed by atoms with E-state index >= 15 is 0 Å². The maximum atomic E-state index is 10.3. The van der Waals surface area contributed by atoms with E-state index in [0.29, 0.717) is 0 Å². The first-order chi connectivity index (χ1) is 11.8. The summed E-state index contributed by atoms with van der Waals surface area (Å²) in [5, 5.41) is 8.45. The van der Waals surface area contributed by atoms with Crippen LogP contribution in [0.15, 0.2) is 60.8 Å². The van der Waals surface area contributed by atoms with E-state index in [2.05, 4.69) is 55.5 Å². The zero-order chi connectivity index (χ0) is 17.7. The molecule has 0 heterocycles. The van der Waals surface area contributed by atoms with E-state index in [1.54, 1.807) is 6.08 Å². The van der Waals surface area contributed by atoms with Crippen molar-refractivity contribution in [1.82, 2.24) is 0 Å². The molecule has 1 N–H and O–H groups in total. The molecular weight excluding hydrogens is 296 g/mol. The summed E-state index contributed by atoms with van der Waals surface area (Å²) in [5.41, 5.74) is 0. The normalized spacial score (nSPS) is 12.7. The molecule has 0 aromatic carbocycles. The predicted octanol–water partition coefficient (Wildman–Crippen LogP) is 6.77. The molecule has 0 saturated carbocycles. The Morgan fingerprint density at radius 2 is 1.12 bits per heavy atom. The van der Waals surface area contributed by atoms with Gasteiger partial charge in [-0.1, -0.05) is 74.4 Å². The van der Waals surface area contributed by atoms with Crippen molar-refractivity contribution in [1.29, 1.82) is 0 Å². The predicted molar refractivity (Wildman–Crippen MR) is 105 cm³/mol. The van der Waals surface area contributed by atoms with Crippen molar-refractivity contribution in [3.8, 4) is 0 Å². The molecule has 0 aliphatic carbocycles. The Morgan fingerprint density at radius 1 is 0.667 bits per heavy atom. The Balaban J connectivity index is 3.36. The van der Waals surface area contributed by atoms with Crippen LogP contribution in [0.25, 0.3) is 0 Å². The minimum atomic E-state index is -0.852. The second-order valence-electron chi connectivity index (χ2n) is 5.73. The van der Waals surface area contributed by atoms with Crippen molar-refractivity contribution in [3.05, 3.63) is 60.8 Å². The van der Waals surface area contributed by atoms with E-state index in [9.17, 15) is 4.79 Å². The van der Waals surface area contributed by atoms with E-state index < -0.39 is 5.97 Å². The maximum Gasteiger partial charge on any atom is 0.327 e. The van der Waals surface area contributed by atoms with Crippen molar-refractivity contribution >= 4 is 5.97 Å². The highest BCUT2D eigenvalue weighted by Gasteiger charge is 1.89. The van der Waals surface area contributed by atoms with Crippen LogP contribution >= 0.6 is 0 Å². The number of carbonyl (C=O) groups is 1. The molecule has 0 spiro atoms. The molecule has 0 aromatic heterocycles. The molecule has 2 heteroatoms. The van der Waals surface area contributed by atoms with Gasteiger partial charge in [-0.2, -0.15) is 0 Å². The number of hydrogen-bond acceptors (Lipinski definition) is 1. The van der Waals surface area contributed by atoms with Crippen LogP contribution in [0.4, 0.5) is 0 Å². The zero-order valence-corrected chi connectivity index (χ0v) is 15.2. The van der Waals surface area contributed by atoms with Gasteiger partial charge in [-0.25, -0.2) is 4.79 Å². The third-order valence-corrected chi connectivity index (χ3v) is 3.47. The molecule has 2 nitrogen and oxygen atoms in total. The molecule has 0 saturated heterocycles. The Labute approximate surface area is 148 Å². The highest BCUT2D eigenvalue weighted by molar-refractivity contribution is 5.79. The third kappa shape index (κ3) is 20.2. The van der Waals surface area contributed by atoms with Gasteiger partial charge in [0.05, 0.1) is 0 Å². The molecule has 134 valence electrons. The second-order valence-corrected chi connectivity index (χ2v) is 5.73. The first-order valence-electron chi connectivity index (χ1n) is 9.26. The Morgan fingerprint density at radius 3 is 1.62 bits per heavy atom. The molecule has 24 heavy (non-hydrogen) atoms.